The van der Waals surface area contributed by atoms with Crippen molar-refractivity contribution >= 4 is 0 Å². The first kappa shape index (κ1) is 15.2. The zero-order valence-corrected chi connectivity index (χ0v) is 12.1. The van der Waals surface area contributed by atoms with E-state index in [4.69, 9.17) is 9.47 Å². The molecule has 2 rings (SSSR count). The maximum atomic E-state index is 9.90. The summed E-state index contributed by atoms with van der Waals surface area (Å²) in [6.45, 7) is 8.01. The average Bonchev–Trinajstić information content (AvgIpc) is 3.21. The molecule has 0 aromatic carbocycles. The van der Waals surface area contributed by atoms with Crippen molar-refractivity contribution in [1.29, 1.82) is 0 Å². The minimum atomic E-state index is -0.383. The number of hydrogen-bond donors (Lipinski definition) is 1. The number of rotatable bonds is 9. The molecule has 19 heavy (non-hydrogen) atoms. The summed E-state index contributed by atoms with van der Waals surface area (Å²) in [7, 11) is 1.65. The first-order valence-electron chi connectivity index (χ1n) is 7.47. The molecule has 1 saturated heterocycles. The van der Waals surface area contributed by atoms with E-state index >= 15 is 0 Å². The molecule has 0 bridgehead atoms. The summed E-state index contributed by atoms with van der Waals surface area (Å²) in [6.07, 6.45) is 2.47. The summed E-state index contributed by atoms with van der Waals surface area (Å²) < 4.78 is 10.2. The minimum absolute atomic E-state index is 0.383. The van der Waals surface area contributed by atoms with E-state index in [2.05, 4.69) is 9.80 Å². The molecule has 5 nitrogen and oxygen atoms in total. The standard InChI is InChI=1S/C14H28N2O3/c1-18-8-9-19-12-14(17)11-16-6-4-15(5-7-16)10-13-2-3-13/h13-14,17H,2-12H2,1H3. The molecule has 0 spiro atoms. The molecule has 1 heterocycles. The van der Waals surface area contributed by atoms with Crippen molar-refractivity contribution in [2.45, 2.75) is 18.9 Å². The molecule has 5 heteroatoms. The molecule has 0 radical (unpaired) electrons. The predicted molar refractivity (Wildman–Crippen MR) is 74.3 cm³/mol. The number of ether oxygens (including phenoxy) is 2. The van der Waals surface area contributed by atoms with Gasteiger partial charge in [-0.2, -0.15) is 0 Å². The third-order valence-corrected chi connectivity index (χ3v) is 3.89. The second-order valence-electron chi connectivity index (χ2n) is 5.77. The number of piperazine rings is 1. The summed E-state index contributed by atoms with van der Waals surface area (Å²) in [4.78, 5) is 4.91. The van der Waals surface area contributed by atoms with E-state index in [1.54, 1.807) is 7.11 Å². The highest BCUT2D eigenvalue weighted by atomic mass is 16.5. The van der Waals surface area contributed by atoms with Gasteiger partial charge in [0.2, 0.25) is 0 Å². The molecule has 1 atom stereocenters. The van der Waals surface area contributed by atoms with Gasteiger partial charge in [0.15, 0.2) is 0 Å². The Balaban J connectivity index is 1.51. The number of hydrogen-bond acceptors (Lipinski definition) is 5. The third-order valence-electron chi connectivity index (χ3n) is 3.89. The van der Waals surface area contributed by atoms with E-state index in [9.17, 15) is 5.11 Å². The highest BCUT2D eigenvalue weighted by molar-refractivity contribution is 4.81. The Kier molecular flexibility index (Phi) is 6.53. The lowest BCUT2D eigenvalue weighted by molar-refractivity contribution is -0.00705. The van der Waals surface area contributed by atoms with Gasteiger partial charge in [0.05, 0.1) is 25.9 Å². The minimum Gasteiger partial charge on any atom is -0.389 e. The van der Waals surface area contributed by atoms with Gasteiger partial charge in [0.1, 0.15) is 0 Å². The summed E-state index contributed by atoms with van der Waals surface area (Å²) in [6, 6.07) is 0. The first-order chi connectivity index (χ1) is 9.28. The number of methoxy groups -OCH3 is 1. The normalized spacial score (nSPS) is 23.7. The van der Waals surface area contributed by atoms with Crippen molar-refractivity contribution < 1.29 is 14.6 Å². The lowest BCUT2D eigenvalue weighted by Gasteiger charge is -2.35. The fraction of sp³-hybridized carbons (Fsp3) is 1.00. The Morgan fingerprint density at radius 2 is 1.79 bits per heavy atom. The Labute approximate surface area is 116 Å². The van der Waals surface area contributed by atoms with E-state index in [1.165, 1.54) is 19.4 Å². The van der Waals surface area contributed by atoms with E-state index < -0.39 is 0 Å². The van der Waals surface area contributed by atoms with Gasteiger partial charge < -0.3 is 19.5 Å². The van der Waals surface area contributed by atoms with Crippen LogP contribution >= 0.6 is 0 Å². The molecular weight excluding hydrogens is 244 g/mol. The smallest absolute Gasteiger partial charge is 0.0900 e. The third kappa shape index (κ3) is 6.19. The van der Waals surface area contributed by atoms with Gasteiger partial charge in [-0.05, 0) is 18.8 Å². The van der Waals surface area contributed by atoms with Crippen LogP contribution in [0.5, 0.6) is 0 Å². The van der Waals surface area contributed by atoms with Gasteiger partial charge in [-0.3, -0.25) is 4.90 Å². The van der Waals surface area contributed by atoms with Crippen LogP contribution in [0.4, 0.5) is 0 Å². The zero-order valence-electron chi connectivity index (χ0n) is 12.1. The number of aliphatic hydroxyl groups is 1. The fourth-order valence-corrected chi connectivity index (χ4v) is 2.53. The van der Waals surface area contributed by atoms with Gasteiger partial charge in [0, 0.05) is 46.4 Å². The van der Waals surface area contributed by atoms with E-state index in [0.717, 1.165) is 38.6 Å². The summed E-state index contributed by atoms with van der Waals surface area (Å²) in [5, 5.41) is 9.90. The van der Waals surface area contributed by atoms with Crippen molar-refractivity contribution in [3.63, 3.8) is 0 Å². The number of aliphatic hydroxyl groups excluding tert-OH is 1. The van der Waals surface area contributed by atoms with Crippen LogP contribution in [0, 0.1) is 5.92 Å². The number of β-amino-alcohol motifs (C(OH)–C–C–N with tert-alkyl or cyclic N) is 1. The van der Waals surface area contributed by atoms with Crippen LogP contribution in [0.2, 0.25) is 0 Å². The van der Waals surface area contributed by atoms with Crippen molar-refractivity contribution in [3.05, 3.63) is 0 Å². The Morgan fingerprint density at radius 3 is 2.42 bits per heavy atom. The second-order valence-corrected chi connectivity index (χ2v) is 5.77. The maximum absolute atomic E-state index is 9.90. The van der Waals surface area contributed by atoms with Gasteiger partial charge in [-0.15, -0.1) is 0 Å². The van der Waals surface area contributed by atoms with Crippen molar-refractivity contribution in [2.24, 2.45) is 5.92 Å². The van der Waals surface area contributed by atoms with Crippen molar-refractivity contribution in [3.8, 4) is 0 Å². The van der Waals surface area contributed by atoms with Gasteiger partial charge in [-0.1, -0.05) is 0 Å². The SMILES string of the molecule is COCCOCC(O)CN1CCN(CC2CC2)CC1. The van der Waals surface area contributed by atoms with Crippen molar-refractivity contribution in [2.75, 3.05) is 66.2 Å². The quantitative estimate of drug-likeness (QED) is 0.600. The van der Waals surface area contributed by atoms with Crippen LogP contribution in [0.3, 0.4) is 0 Å². The lowest BCUT2D eigenvalue weighted by atomic mass is 10.2. The summed E-state index contributed by atoms with van der Waals surface area (Å²) >= 11 is 0. The molecule has 1 unspecified atom stereocenters. The highest BCUT2D eigenvalue weighted by Gasteiger charge is 2.26. The van der Waals surface area contributed by atoms with Crippen LogP contribution in [-0.4, -0.2) is 87.2 Å². The zero-order chi connectivity index (χ0) is 13.5. The monoisotopic (exact) mass is 272 g/mol. The van der Waals surface area contributed by atoms with Crippen molar-refractivity contribution in [1.82, 2.24) is 9.80 Å². The van der Waals surface area contributed by atoms with Gasteiger partial charge in [-0.25, -0.2) is 0 Å². The summed E-state index contributed by atoms with van der Waals surface area (Å²) in [5.74, 6) is 0.978. The lowest BCUT2D eigenvalue weighted by Crippen LogP contribution is -2.49. The molecule has 1 N–H and O–H groups in total. The fourth-order valence-electron chi connectivity index (χ4n) is 2.53. The van der Waals surface area contributed by atoms with Crippen LogP contribution in [0.1, 0.15) is 12.8 Å². The van der Waals surface area contributed by atoms with Crippen LogP contribution in [0.15, 0.2) is 0 Å². The molecule has 112 valence electrons. The highest BCUT2D eigenvalue weighted by Crippen LogP contribution is 2.29. The molecule has 0 aromatic heterocycles. The molecule has 0 amide bonds. The van der Waals surface area contributed by atoms with Gasteiger partial charge in [0.25, 0.3) is 0 Å². The van der Waals surface area contributed by atoms with Gasteiger partial charge >= 0.3 is 0 Å². The van der Waals surface area contributed by atoms with Crippen LogP contribution < -0.4 is 0 Å². The molecule has 1 saturated carbocycles. The molecule has 2 fully saturated rings. The topological polar surface area (TPSA) is 45.2 Å². The summed E-state index contributed by atoms with van der Waals surface area (Å²) in [5.41, 5.74) is 0. The second kappa shape index (κ2) is 8.17. The van der Waals surface area contributed by atoms with E-state index in [1.807, 2.05) is 0 Å². The molecule has 0 aromatic rings. The molecule has 1 aliphatic heterocycles. The molecule has 1 aliphatic carbocycles. The largest absolute Gasteiger partial charge is 0.389 e. The molecular formula is C14H28N2O3. The Hall–Kier alpha value is -0.200. The first-order valence-corrected chi connectivity index (χ1v) is 7.47. The van der Waals surface area contributed by atoms with E-state index in [-0.39, 0.29) is 6.10 Å². The Bertz CT molecular complexity index is 241. The van der Waals surface area contributed by atoms with Crippen LogP contribution in [-0.2, 0) is 9.47 Å². The average molecular weight is 272 g/mol. The molecule has 2 aliphatic rings. The number of nitrogens with zero attached hydrogens (tertiary/aromatic N) is 2. The van der Waals surface area contributed by atoms with Crippen LogP contribution in [0.25, 0.3) is 0 Å². The van der Waals surface area contributed by atoms with E-state index in [0.29, 0.717) is 19.8 Å². The maximum Gasteiger partial charge on any atom is 0.0900 e. The predicted octanol–water partition coefficient (Wildman–Crippen LogP) is 0.0379. The Morgan fingerprint density at radius 1 is 1.11 bits per heavy atom.